The lowest BCUT2D eigenvalue weighted by Crippen LogP contribution is -2.13. The molecule has 21 heavy (non-hydrogen) atoms. The van der Waals surface area contributed by atoms with E-state index in [1.54, 1.807) is 11.1 Å². The van der Waals surface area contributed by atoms with Crippen molar-refractivity contribution in [1.82, 2.24) is 0 Å². The summed E-state index contributed by atoms with van der Waals surface area (Å²) >= 11 is 0. The highest BCUT2D eigenvalue weighted by atomic mass is 14.2. The zero-order chi connectivity index (χ0) is 14.7. The largest absolute Gasteiger partial charge is 0.0651 e. The van der Waals surface area contributed by atoms with Gasteiger partial charge in [0.05, 0.1) is 0 Å². The monoisotopic (exact) mass is 278 g/mol. The fraction of sp³-hybridized carbons (Fsp3) is 0.429. The Hall–Kier alpha value is -1.56. The summed E-state index contributed by atoms with van der Waals surface area (Å²) in [7, 11) is 0. The maximum atomic E-state index is 2.43. The van der Waals surface area contributed by atoms with Crippen molar-refractivity contribution in [2.45, 2.75) is 52.4 Å². The molecule has 0 heterocycles. The Labute approximate surface area is 129 Å². The van der Waals surface area contributed by atoms with E-state index < -0.39 is 0 Å². The second-order valence-corrected chi connectivity index (χ2v) is 6.45. The summed E-state index contributed by atoms with van der Waals surface area (Å²) < 4.78 is 0. The van der Waals surface area contributed by atoms with Crippen LogP contribution in [0.15, 0.2) is 42.5 Å². The molecule has 1 unspecified atom stereocenters. The first-order valence-electron chi connectivity index (χ1n) is 8.51. The van der Waals surface area contributed by atoms with E-state index in [4.69, 9.17) is 0 Å². The van der Waals surface area contributed by atoms with E-state index in [9.17, 15) is 0 Å². The fourth-order valence-electron chi connectivity index (χ4n) is 3.51. The molecule has 0 radical (unpaired) electrons. The number of aryl methyl sites for hydroxylation is 2. The van der Waals surface area contributed by atoms with Gasteiger partial charge in [-0.25, -0.2) is 0 Å². The maximum absolute atomic E-state index is 2.43. The van der Waals surface area contributed by atoms with Crippen LogP contribution >= 0.6 is 0 Å². The van der Waals surface area contributed by atoms with Gasteiger partial charge >= 0.3 is 0 Å². The average Bonchev–Trinajstić information content (AvgIpc) is 2.55. The summed E-state index contributed by atoms with van der Waals surface area (Å²) in [4.78, 5) is 0. The molecule has 0 bridgehead atoms. The lowest BCUT2D eigenvalue weighted by molar-refractivity contribution is 0.445. The molecule has 0 fully saturated rings. The molecule has 2 aromatic carbocycles. The molecule has 0 spiro atoms. The topological polar surface area (TPSA) is 0 Å². The van der Waals surface area contributed by atoms with Gasteiger partial charge in [-0.2, -0.15) is 0 Å². The molecule has 1 atom stereocenters. The van der Waals surface area contributed by atoms with Gasteiger partial charge in [-0.15, -0.1) is 0 Å². The minimum atomic E-state index is 0.900. The van der Waals surface area contributed by atoms with Crippen LogP contribution in [-0.2, 0) is 19.3 Å². The normalized spacial score (nSPS) is 17.5. The Morgan fingerprint density at radius 3 is 2.38 bits per heavy atom. The number of hydrogen-bond acceptors (Lipinski definition) is 0. The molecule has 0 amide bonds. The first kappa shape index (κ1) is 14.4. The van der Waals surface area contributed by atoms with Gasteiger partial charge in [0.15, 0.2) is 0 Å². The Kier molecular flexibility index (Phi) is 4.43. The first-order chi connectivity index (χ1) is 10.3. The third-order valence-electron chi connectivity index (χ3n) is 4.94. The van der Waals surface area contributed by atoms with Crippen LogP contribution in [0.3, 0.4) is 0 Å². The molecule has 0 nitrogen and oxygen atoms in total. The van der Waals surface area contributed by atoms with E-state index >= 15 is 0 Å². The quantitative estimate of drug-likeness (QED) is 0.661. The van der Waals surface area contributed by atoms with Gasteiger partial charge in [0.25, 0.3) is 0 Å². The highest BCUT2D eigenvalue weighted by Crippen LogP contribution is 2.31. The minimum absolute atomic E-state index is 0.900. The molecule has 1 aliphatic rings. The van der Waals surface area contributed by atoms with Gasteiger partial charge in [-0.1, -0.05) is 69.2 Å². The van der Waals surface area contributed by atoms with E-state index in [1.807, 2.05) is 0 Å². The van der Waals surface area contributed by atoms with Gasteiger partial charge < -0.3 is 0 Å². The molecule has 3 rings (SSSR count). The molecule has 0 saturated heterocycles. The predicted octanol–water partition coefficient (Wildman–Crippen LogP) is 5.82. The molecule has 110 valence electrons. The molecule has 0 heteroatoms. The van der Waals surface area contributed by atoms with Crippen molar-refractivity contribution in [3.05, 3.63) is 59.2 Å². The highest BCUT2D eigenvalue weighted by molar-refractivity contribution is 5.65. The predicted molar refractivity (Wildman–Crippen MR) is 91.7 cm³/mol. The zero-order valence-corrected chi connectivity index (χ0v) is 13.4. The van der Waals surface area contributed by atoms with E-state index in [-0.39, 0.29) is 0 Å². The molecular formula is C21H26. The van der Waals surface area contributed by atoms with Crippen LogP contribution in [0.1, 0.15) is 49.8 Å². The first-order valence-corrected chi connectivity index (χ1v) is 8.51. The molecule has 0 N–H and O–H groups in total. The number of fused-ring (bicyclic) bond motifs is 1. The summed E-state index contributed by atoms with van der Waals surface area (Å²) in [6.45, 7) is 4.56. The SMILES string of the molecule is CCCc1ccc(-c2ccc3c(c2)CCC(CC)C3)cc1. The van der Waals surface area contributed by atoms with Crippen LogP contribution in [0.5, 0.6) is 0 Å². The zero-order valence-electron chi connectivity index (χ0n) is 13.4. The van der Waals surface area contributed by atoms with Crippen LogP contribution in [0.2, 0.25) is 0 Å². The maximum Gasteiger partial charge on any atom is -0.0181 e. The molecule has 2 aromatic rings. The lowest BCUT2D eigenvalue weighted by atomic mass is 9.81. The number of benzene rings is 2. The summed E-state index contributed by atoms with van der Waals surface area (Å²) in [5.74, 6) is 0.900. The Bertz CT molecular complexity index is 592. The molecule has 0 aromatic heterocycles. The van der Waals surface area contributed by atoms with E-state index in [0.29, 0.717) is 0 Å². The van der Waals surface area contributed by atoms with Crippen molar-refractivity contribution in [1.29, 1.82) is 0 Å². The summed E-state index contributed by atoms with van der Waals surface area (Å²) in [5.41, 5.74) is 7.35. The van der Waals surface area contributed by atoms with Crippen molar-refractivity contribution >= 4 is 0 Å². The Morgan fingerprint density at radius 2 is 1.67 bits per heavy atom. The van der Waals surface area contributed by atoms with Crippen LogP contribution in [-0.4, -0.2) is 0 Å². The van der Waals surface area contributed by atoms with Crippen molar-refractivity contribution in [2.24, 2.45) is 5.92 Å². The van der Waals surface area contributed by atoms with Crippen molar-refractivity contribution in [2.75, 3.05) is 0 Å². The molecule has 1 aliphatic carbocycles. The van der Waals surface area contributed by atoms with Crippen LogP contribution < -0.4 is 0 Å². The van der Waals surface area contributed by atoms with Gasteiger partial charge in [-0.05, 0) is 59.4 Å². The second kappa shape index (κ2) is 6.47. The van der Waals surface area contributed by atoms with Gasteiger partial charge in [-0.3, -0.25) is 0 Å². The number of hydrogen-bond donors (Lipinski definition) is 0. The van der Waals surface area contributed by atoms with Crippen molar-refractivity contribution in [3.8, 4) is 11.1 Å². The second-order valence-electron chi connectivity index (χ2n) is 6.45. The fourth-order valence-corrected chi connectivity index (χ4v) is 3.51. The van der Waals surface area contributed by atoms with Crippen LogP contribution in [0.4, 0.5) is 0 Å². The Morgan fingerprint density at radius 1 is 0.905 bits per heavy atom. The summed E-state index contributed by atoms with van der Waals surface area (Å²) in [6.07, 6.45) is 7.62. The van der Waals surface area contributed by atoms with Crippen molar-refractivity contribution in [3.63, 3.8) is 0 Å². The van der Waals surface area contributed by atoms with E-state index in [2.05, 4.69) is 56.3 Å². The van der Waals surface area contributed by atoms with Gasteiger partial charge in [0.1, 0.15) is 0 Å². The molecule has 0 aliphatic heterocycles. The van der Waals surface area contributed by atoms with Crippen LogP contribution in [0.25, 0.3) is 11.1 Å². The summed E-state index contributed by atoms with van der Waals surface area (Å²) in [6, 6.07) is 16.2. The minimum Gasteiger partial charge on any atom is -0.0651 e. The smallest absolute Gasteiger partial charge is 0.0181 e. The number of rotatable bonds is 4. The standard InChI is InChI=1S/C21H26/c1-3-5-17-7-9-18(10-8-17)20-13-12-19-14-16(4-2)6-11-21(19)15-20/h7-10,12-13,15-16H,3-6,11,14H2,1-2H3. The van der Waals surface area contributed by atoms with E-state index in [1.165, 1.54) is 55.2 Å². The van der Waals surface area contributed by atoms with Crippen LogP contribution in [0, 0.1) is 5.92 Å². The third-order valence-corrected chi connectivity index (χ3v) is 4.94. The molecule has 0 saturated carbocycles. The highest BCUT2D eigenvalue weighted by Gasteiger charge is 2.17. The lowest BCUT2D eigenvalue weighted by Gasteiger charge is -2.24. The third kappa shape index (κ3) is 3.20. The van der Waals surface area contributed by atoms with Gasteiger partial charge in [0.2, 0.25) is 0 Å². The Balaban J connectivity index is 1.83. The van der Waals surface area contributed by atoms with Gasteiger partial charge in [0, 0.05) is 0 Å². The summed E-state index contributed by atoms with van der Waals surface area (Å²) in [5, 5.41) is 0. The average molecular weight is 278 g/mol. The van der Waals surface area contributed by atoms with Crippen molar-refractivity contribution < 1.29 is 0 Å². The molecular weight excluding hydrogens is 252 g/mol. The van der Waals surface area contributed by atoms with E-state index in [0.717, 1.165) is 5.92 Å².